The van der Waals surface area contributed by atoms with E-state index in [0.717, 1.165) is 65.2 Å². The molecule has 2 aliphatic heterocycles. The fraction of sp³-hybridized carbons (Fsp3) is 0.909. The van der Waals surface area contributed by atoms with Crippen LogP contribution in [0.3, 0.4) is 0 Å². The Morgan fingerprint density at radius 1 is 1.04 bits per heavy atom. The zero-order chi connectivity index (χ0) is 19.4. The van der Waals surface area contributed by atoms with Gasteiger partial charge in [-0.1, -0.05) is 19.3 Å². The zero-order valence-corrected chi connectivity index (χ0v) is 17.3. The summed E-state index contributed by atoms with van der Waals surface area (Å²) in [6.45, 7) is 6.08. The van der Waals surface area contributed by atoms with Crippen molar-refractivity contribution in [2.75, 3.05) is 45.9 Å². The number of morpholine rings is 1. The molecule has 0 bridgehead atoms. The molecule has 0 radical (unpaired) electrons. The molecule has 4 rings (SSSR count). The highest BCUT2D eigenvalue weighted by atomic mass is 16.5. The molecule has 28 heavy (non-hydrogen) atoms. The lowest BCUT2D eigenvalue weighted by Gasteiger charge is -2.38. The molecule has 2 saturated heterocycles. The summed E-state index contributed by atoms with van der Waals surface area (Å²) in [5.41, 5.74) is 0.271. The van der Waals surface area contributed by atoms with Crippen LogP contribution in [0.4, 0.5) is 0 Å². The van der Waals surface area contributed by atoms with E-state index in [1.165, 1.54) is 32.1 Å². The quantitative estimate of drug-likeness (QED) is 0.723. The number of nitrogens with one attached hydrogen (secondary N) is 1. The standard InChI is InChI=1S/C22H37N3O3/c26-20(23-19-5-6-19)7-4-18-16-25(17-22(18)9-2-1-3-10-22)21(27)8-11-24-12-14-28-15-13-24/h18-19H,1-17H2,(H,23,26). The van der Waals surface area contributed by atoms with Crippen molar-refractivity contribution < 1.29 is 14.3 Å². The third kappa shape index (κ3) is 5.07. The van der Waals surface area contributed by atoms with Crippen LogP contribution in [-0.4, -0.2) is 73.6 Å². The molecule has 0 aromatic rings. The second kappa shape index (κ2) is 9.12. The van der Waals surface area contributed by atoms with Crippen molar-refractivity contribution in [3.05, 3.63) is 0 Å². The molecule has 1 unspecified atom stereocenters. The van der Waals surface area contributed by atoms with Crippen molar-refractivity contribution in [2.45, 2.75) is 70.3 Å². The minimum Gasteiger partial charge on any atom is -0.379 e. The van der Waals surface area contributed by atoms with Crippen LogP contribution in [0.1, 0.15) is 64.2 Å². The van der Waals surface area contributed by atoms with Gasteiger partial charge in [0.25, 0.3) is 0 Å². The number of carbonyl (C=O) groups is 2. The van der Waals surface area contributed by atoms with Gasteiger partial charge in [0.15, 0.2) is 0 Å². The maximum absolute atomic E-state index is 12.9. The van der Waals surface area contributed by atoms with Crippen LogP contribution in [0.5, 0.6) is 0 Å². The molecule has 2 amide bonds. The van der Waals surface area contributed by atoms with Gasteiger partial charge in [-0.3, -0.25) is 14.5 Å². The van der Waals surface area contributed by atoms with Crippen molar-refractivity contribution in [1.29, 1.82) is 0 Å². The predicted molar refractivity (Wildman–Crippen MR) is 108 cm³/mol. The largest absolute Gasteiger partial charge is 0.379 e. The first kappa shape index (κ1) is 20.1. The van der Waals surface area contributed by atoms with Crippen LogP contribution in [-0.2, 0) is 14.3 Å². The molecule has 2 aliphatic carbocycles. The highest BCUT2D eigenvalue weighted by Crippen LogP contribution is 2.49. The molecule has 0 aromatic heterocycles. The summed E-state index contributed by atoms with van der Waals surface area (Å²) in [7, 11) is 0. The minimum absolute atomic E-state index is 0.213. The van der Waals surface area contributed by atoms with E-state index in [9.17, 15) is 9.59 Å². The van der Waals surface area contributed by atoms with Gasteiger partial charge in [-0.05, 0) is 43.4 Å². The average Bonchev–Trinajstić information content (AvgIpc) is 3.47. The molecule has 4 fully saturated rings. The van der Waals surface area contributed by atoms with Gasteiger partial charge in [0, 0.05) is 51.6 Å². The Balaban J connectivity index is 1.30. The van der Waals surface area contributed by atoms with Crippen LogP contribution in [0, 0.1) is 11.3 Å². The summed E-state index contributed by atoms with van der Waals surface area (Å²) in [5.74, 6) is 1.01. The minimum atomic E-state index is 0.213. The van der Waals surface area contributed by atoms with E-state index in [0.29, 0.717) is 30.7 Å². The molecule has 1 spiro atoms. The maximum Gasteiger partial charge on any atom is 0.223 e. The Bertz CT molecular complexity index is 551. The maximum atomic E-state index is 12.9. The molecule has 1 N–H and O–H groups in total. The molecular weight excluding hydrogens is 354 g/mol. The molecule has 6 heteroatoms. The SMILES string of the molecule is O=C(CCC1CN(C(=O)CCN2CCOCC2)CC12CCCCC2)NC1CC1. The fourth-order valence-electron chi connectivity index (χ4n) is 5.51. The van der Waals surface area contributed by atoms with Gasteiger partial charge in [0.2, 0.25) is 11.8 Å². The predicted octanol–water partition coefficient (Wildman–Crippen LogP) is 2.18. The molecule has 158 valence electrons. The van der Waals surface area contributed by atoms with Gasteiger partial charge in [-0.25, -0.2) is 0 Å². The van der Waals surface area contributed by atoms with E-state index in [1.807, 2.05) is 0 Å². The number of likely N-dealkylation sites (tertiary alicyclic amines) is 1. The van der Waals surface area contributed by atoms with Crippen molar-refractivity contribution >= 4 is 11.8 Å². The topological polar surface area (TPSA) is 61.9 Å². The van der Waals surface area contributed by atoms with Gasteiger partial charge in [-0.15, -0.1) is 0 Å². The first-order chi connectivity index (χ1) is 13.6. The fourth-order valence-corrected chi connectivity index (χ4v) is 5.51. The van der Waals surface area contributed by atoms with Crippen LogP contribution in [0.2, 0.25) is 0 Å². The van der Waals surface area contributed by atoms with E-state index < -0.39 is 0 Å². The highest BCUT2D eigenvalue weighted by molar-refractivity contribution is 5.77. The van der Waals surface area contributed by atoms with E-state index >= 15 is 0 Å². The van der Waals surface area contributed by atoms with Crippen LogP contribution < -0.4 is 5.32 Å². The molecule has 0 aromatic carbocycles. The smallest absolute Gasteiger partial charge is 0.223 e. The number of rotatable bonds is 7. The van der Waals surface area contributed by atoms with E-state index in [2.05, 4.69) is 15.1 Å². The highest BCUT2D eigenvalue weighted by Gasteiger charge is 2.47. The number of ether oxygens (including phenoxy) is 1. The molecular formula is C22H37N3O3. The summed E-state index contributed by atoms with van der Waals surface area (Å²) in [5, 5.41) is 3.12. The van der Waals surface area contributed by atoms with Gasteiger partial charge in [-0.2, -0.15) is 0 Å². The van der Waals surface area contributed by atoms with E-state index in [-0.39, 0.29) is 11.3 Å². The molecule has 2 saturated carbocycles. The van der Waals surface area contributed by atoms with E-state index in [1.54, 1.807) is 0 Å². The van der Waals surface area contributed by atoms with Crippen LogP contribution in [0.25, 0.3) is 0 Å². The Morgan fingerprint density at radius 2 is 1.79 bits per heavy atom. The van der Waals surface area contributed by atoms with Crippen LogP contribution in [0.15, 0.2) is 0 Å². The van der Waals surface area contributed by atoms with Gasteiger partial charge in [0.1, 0.15) is 0 Å². The Kier molecular flexibility index (Phi) is 6.56. The first-order valence-electron chi connectivity index (χ1n) is 11.5. The Labute approximate surface area is 169 Å². The van der Waals surface area contributed by atoms with Gasteiger partial charge < -0.3 is 15.0 Å². The Morgan fingerprint density at radius 3 is 2.50 bits per heavy atom. The number of hydrogen-bond acceptors (Lipinski definition) is 4. The van der Waals surface area contributed by atoms with Crippen molar-refractivity contribution in [2.24, 2.45) is 11.3 Å². The van der Waals surface area contributed by atoms with Crippen molar-refractivity contribution in [3.63, 3.8) is 0 Å². The first-order valence-corrected chi connectivity index (χ1v) is 11.5. The molecule has 4 aliphatic rings. The number of hydrogen-bond donors (Lipinski definition) is 1. The number of carbonyl (C=O) groups excluding carboxylic acids is 2. The van der Waals surface area contributed by atoms with Crippen molar-refractivity contribution in [3.8, 4) is 0 Å². The summed E-state index contributed by atoms with van der Waals surface area (Å²) in [6, 6.07) is 0.443. The monoisotopic (exact) mass is 391 g/mol. The van der Waals surface area contributed by atoms with Crippen LogP contribution >= 0.6 is 0 Å². The lowest BCUT2D eigenvalue weighted by Crippen LogP contribution is -2.40. The molecule has 1 atom stereocenters. The lowest BCUT2D eigenvalue weighted by atomic mass is 9.66. The number of nitrogens with zero attached hydrogens (tertiary/aromatic N) is 2. The zero-order valence-electron chi connectivity index (χ0n) is 17.3. The summed E-state index contributed by atoms with van der Waals surface area (Å²) >= 11 is 0. The second-order valence-corrected chi connectivity index (χ2v) is 9.48. The average molecular weight is 392 g/mol. The van der Waals surface area contributed by atoms with E-state index in [4.69, 9.17) is 4.74 Å². The normalized spacial score (nSPS) is 27.9. The third-order valence-corrected chi connectivity index (χ3v) is 7.42. The van der Waals surface area contributed by atoms with Gasteiger partial charge >= 0.3 is 0 Å². The molecule has 2 heterocycles. The summed E-state index contributed by atoms with van der Waals surface area (Å²) < 4.78 is 5.40. The lowest BCUT2D eigenvalue weighted by molar-refractivity contribution is -0.131. The second-order valence-electron chi connectivity index (χ2n) is 9.48. The Hall–Kier alpha value is -1.14. The third-order valence-electron chi connectivity index (χ3n) is 7.42. The van der Waals surface area contributed by atoms with Crippen molar-refractivity contribution in [1.82, 2.24) is 15.1 Å². The molecule has 6 nitrogen and oxygen atoms in total. The summed E-state index contributed by atoms with van der Waals surface area (Å²) in [4.78, 5) is 29.6. The van der Waals surface area contributed by atoms with Gasteiger partial charge in [0.05, 0.1) is 13.2 Å². The number of amides is 2. The summed E-state index contributed by atoms with van der Waals surface area (Å²) in [6.07, 6.45) is 10.8.